The molecule has 214 valence electrons. The maximum absolute atomic E-state index is 6.67. The SMILES string of the molecule is CCOP(Oc1c(CN)cc(C(C)(C)C)cc1C(C)(C)C)Oc1c(CN)cc(C(C)(C)C)cc1C(C)(C)C. The van der Waals surface area contributed by atoms with Gasteiger partial charge in [-0.25, -0.2) is 0 Å². The van der Waals surface area contributed by atoms with E-state index in [1.165, 1.54) is 11.1 Å². The Balaban J connectivity index is 2.71. The van der Waals surface area contributed by atoms with Gasteiger partial charge >= 0.3 is 8.60 Å². The third-order valence-electron chi connectivity index (χ3n) is 6.69. The van der Waals surface area contributed by atoms with E-state index in [9.17, 15) is 0 Å². The molecule has 0 aliphatic carbocycles. The van der Waals surface area contributed by atoms with Crippen molar-refractivity contribution < 1.29 is 13.6 Å². The molecular formula is C32H53N2O3P. The van der Waals surface area contributed by atoms with Crippen LogP contribution in [0.1, 0.15) is 123 Å². The molecule has 0 saturated heterocycles. The molecule has 38 heavy (non-hydrogen) atoms. The fourth-order valence-corrected chi connectivity index (χ4v) is 5.29. The fraction of sp³-hybridized carbons (Fsp3) is 0.625. The molecular weight excluding hydrogens is 491 g/mol. The normalized spacial score (nSPS) is 13.3. The van der Waals surface area contributed by atoms with Gasteiger partial charge in [-0.05, 0) is 39.7 Å². The standard InChI is InChI=1S/C32H53N2O3P/c1-14-35-38(36-27-21(19-33)15-23(29(2,3)4)17-25(27)31(8,9)10)37-28-22(20-34)16-24(30(5,6)7)18-26(28)32(11,12)13/h15-18H,14,19-20,33-34H2,1-13H3. The van der Waals surface area contributed by atoms with Gasteiger partial charge < -0.3 is 20.5 Å². The topological polar surface area (TPSA) is 79.7 Å². The van der Waals surface area contributed by atoms with Gasteiger partial charge in [0.25, 0.3) is 0 Å². The Morgan fingerprint density at radius 1 is 0.579 bits per heavy atom. The van der Waals surface area contributed by atoms with E-state index in [0.29, 0.717) is 19.7 Å². The van der Waals surface area contributed by atoms with Crippen LogP contribution in [-0.4, -0.2) is 6.61 Å². The van der Waals surface area contributed by atoms with E-state index in [4.69, 9.17) is 25.0 Å². The van der Waals surface area contributed by atoms with Gasteiger partial charge in [-0.15, -0.1) is 0 Å². The van der Waals surface area contributed by atoms with Crippen LogP contribution in [0.25, 0.3) is 0 Å². The molecule has 5 nitrogen and oxygen atoms in total. The van der Waals surface area contributed by atoms with Crippen LogP contribution < -0.4 is 20.5 Å². The minimum Gasteiger partial charge on any atom is -0.417 e. The first kappa shape index (κ1) is 32.6. The van der Waals surface area contributed by atoms with Gasteiger partial charge in [-0.3, -0.25) is 4.52 Å². The average molecular weight is 545 g/mol. The van der Waals surface area contributed by atoms with Crippen molar-refractivity contribution in [2.75, 3.05) is 6.61 Å². The van der Waals surface area contributed by atoms with Crippen molar-refractivity contribution in [1.29, 1.82) is 0 Å². The van der Waals surface area contributed by atoms with E-state index in [1.807, 2.05) is 6.92 Å². The zero-order valence-electron chi connectivity index (χ0n) is 26.3. The third-order valence-corrected chi connectivity index (χ3v) is 7.82. The second kappa shape index (κ2) is 11.8. The Kier molecular flexibility index (Phi) is 10.1. The van der Waals surface area contributed by atoms with Gasteiger partial charge in [0.1, 0.15) is 11.5 Å². The van der Waals surface area contributed by atoms with E-state index in [1.54, 1.807) is 0 Å². The van der Waals surface area contributed by atoms with Crippen LogP contribution in [0.4, 0.5) is 0 Å². The first-order chi connectivity index (χ1) is 17.2. The van der Waals surface area contributed by atoms with Gasteiger partial charge in [0.2, 0.25) is 0 Å². The van der Waals surface area contributed by atoms with Crippen molar-refractivity contribution in [2.24, 2.45) is 11.5 Å². The fourth-order valence-electron chi connectivity index (χ4n) is 4.20. The Labute approximate surface area is 234 Å². The summed E-state index contributed by atoms with van der Waals surface area (Å²) in [7, 11) is -1.77. The number of hydrogen-bond donors (Lipinski definition) is 2. The summed E-state index contributed by atoms with van der Waals surface area (Å²) in [5.41, 5.74) is 18.8. The summed E-state index contributed by atoms with van der Waals surface area (Å²) in [5, 5.41) is 0. The smallest absolute Gasteiger partial charge is 0.417 e. The molecule has 4 N–H and O–H groups in total. The van der Waals surface area contributed by atoms with Crippen LogP contribution in [0.5, 0.6) is 11.5 Å². The Hall–Kier alpha value is -1.65. The highest BCUT2D eigenvalue weighted by atomic mass is 31.2. The van der Waals surface area contributed by atoms with Gasteiger partial charge in [-0.2, -0.15) is 0 Å². The molecule has 2 rings (SSSR count). The summed E-state index contributed by atoms with van der Waals surface area (Å²) in [6.07, 6.45) is 0. The lowest BCUT2D eigenvalue weighted by atomic mass is 9.79. The van der Waals surface area contributed by atoms with E-state index in [2.05, 4.69) is 107 Å². The van der Waals surface area contributed by atoms with E-state index in [0.717, 1.165) is 33.8 Å². The van der Waals surface area contributed by atoms with E-state index >= 15 is 0 Å². The second-order valence-electron chi connectivity index (χ2n) is 14.3. The monoisotopic (exact) mass is 544 g/mol. The largest absolute Gasteiger partial charge is 0.463 e. The molecule has 0 radical (unpaired) electrons. The number of rotatable bonds is 8. The molecule has 0 amide bonds. The van der Waals surface area contributed by atoms with E-state index < -0.39 is 8.60 Å². The summed E-state index contributed by atoms with van der Waals surface area (Å²) < 4.78 is 19.5. The second-order valence-corrected chi connectivity index (χ2v) is 15.3. The first-order valence-electron chi connectivity index (χ1n) is 13.8. The zero-order chi connectivity index (χ0) is 29.3. The van der Waals surface area contributed by atoms with Crippen LogP contribution in [0, 0.1) is 0 Å². The predicted octanol–water partition coefficient (Wildman–Crippen LogP) is 8.52. The van der Waals surface area contributed by atoms with Crippen molar-refractivity contribution in [3.05, 3.63) is 57.6 Å². The Bertz CT molecular complexity index is 1010. The van der Waals surface area contributed by atoms with Crippen molar-refractivity contribution in [1.82, 2.24) is 0 Å². The number of benzene rings is 2. The molecule has 0 fully saturated rings. The van der Waals surface area contributed by atoms with Crippen molar-refractivity contribution in [3.63, 3.8) is 0 Å². The molecule has 0 atom stereocenters. The predicted molar refractivity (Wildman–Crippen MR) is 163 cm³/mol. The van der Waals surface area contributed by atoms with Crippen LogP contribution in [0.2, 0.25) is 0 Å². The molecule has 2 aromatic carbocycles. The molecule has 0 bridgehead atoms. The Morgan fingerprint density at radius 2 is 0.921 bits per heavy atom. The van der Waals surface area contributed by atoms with Gasteiger partial charge in [0.05, 0.1) is 6.61 Å². The van der Waals surface area contributed by atoms with E-state index in [-0.39, 0.29) is 21.7 Å². The van der Waals surface area contributed by atoms with Crippen molar-refractivity contribution in [3.8, 4) is 11.5 Å². The summed E-state index contributed by atoms with van der Waals surface area (Å²) in [4.78, 5) is 0. The van der Waals surface area contributed by atoms with Crippen LogP contribution in [-0.2, 0) is 39.3 Å². The molecule has 0 unspecified atom stereocenters. The Morgan fingerprint density at radius 3 is 1.16 bits per heavy atom. The maximum Gasteiger partial charge on any atom is 0.463 e. The molecule has 0 aromatic heterocycles. The maximum atomic E-state index is 6.67. The summed E-state index contributed by atoms with van der Waals surface area (Å²) in [6, 6.07) is 8.82. The molecule has 0 aliphatic heterocycles. The highest BCUT2D eigenvalue weighted by molar-refractivity contribution is 7.42. The molecule has 6 heteroatoms. The third kappa shape index (κ3) is 7.94. The average Bonchev–Trinajstić information content (AvgIpc) is 2.76. The molecule has 0 spiro atoms. The highest BCUT2D eigenvalue weighted by Crippen LogP contribution is 2.50. The molecule has 2 aromatic rings. The zero-order valence-corrected chi connectivity index (χ0v) is 27.2. The van der Waals surface area contributed by atoms with Crippen LogP contribution in [0.15, 0.2) is 24.3 Å². The van der Waals surface area contributed by atoms with Crippen LogP contribution in [0.3, 0.4) is 0 Å². The lowest BCUT2D eigenvalue weighted by molar-refractivity contribution is 0.275. The lowest BCUT2D eigenvalue weighted by Gasteiger charge is -2.32. The van der Waals surface area contributed by atoms with Gasteiger partial charge in [-0.1, -0.05) is 107 Å². The minimum atomic E-state index is -1.77. The number of hydrogen-bond acceptors (Lipinski definition) is 5. The lowest BCUT2D eigenvalue weighted by Crippen LogP contribution is -2.21. The van der Waals surface area contributed by atoms with Gasteiger partial charge in [0.15, 0.2) is 0 Å². The van der Waals surface area contributed by atoms with Gasteiger partial charge in [0, 0.05) is 35.3 Å². The molecule has 0 aliphatic rings. The highest BCUT2D eigenvalue weighted by Gasteiger charge is 2.32. The van der Waals surface area contributed by atoms with Crippen LogP contribution >= 0.6 is 8.60 Å². The minimum absolute atomic E-state index is 0.0178. The summed E-state index contributed by atoms with van der Waals surface area (Å²) in [6.45, 7) is 29.6. The number of nitrogens with two attached hydrogens (primary N) is 2. The molecule has 0 heterocycles. The van der Waals surface area contributed by atoms with Crippen molar-refractivity contribution >= 4 is 8.60 Å². The summed E-state index contributed by atoms with van der Waals surface area (Å²) in [5.74, 6) is 1.51. The summed E-state index contributed by atoms with van der Waals surface area (Å²) >= 11 is 0. The first-order valence-corrected chi connectivity index (χ1v) is 14.9. The van der Waals surface area contributed by atoms with Crippen molar-refractivity contribution in [2.45, 2.75) is 125 Å². The quantitative estimate of drug-likeness (QED) is 0.326. The molecule has 0 saturated carbocycles.